The lowest BCUT2D eigenvalue weighted by molar-refractivity contribution is -0.122. The zero-order chi connectivity index (χ0) is 18.2. The molecule has 1 amide bonds. The monoisotopic (exact) mass is 397 g/mol. The number of benzene rings is 1. The van der Waals surface area contributed by atoms with Gasteiger partial charge in [-0.1, -0.05) is 11.6 Å². The van der Waals surface area contributed by atoms with Gasteiger partial charge in [-0.25, -0.2) is 0 Å². The van der Waals surface area contributed by atoms with E-state index in [0.717, 1.165) is 27.1 Å². The van der Waals surface area contributed by atoms with Crippen LogP contribution in [0.1, 0.15) is 11.4 Å². The SMILES string of the molecule is Cc1cc(C)n(CC(=O)NNC(=S)NCCSc2ccc(Cl)cc2)n1. The minimum absolute atomic E-state index is 0.141. The van der Waals surface area contributed by atoms with Gasteiger partial charge in [0.1, 0.15) is 6.54 Å². The van der Waals surface area contributed by atoms with E-state index in [0.29, 0.717) is 11.7 Å². The van der Waals surface area contributed by atoms with Gasteiger partial charge in [0.25, 0.3) is 5.91 Å². The molecule has 0 aliphatic heterocycles. The summed E-state index contributed by atoms with van der Waals surface area (Å²) in [5.41, 5.74) is 7.07. The van der Waals surface area contributed by atoms with Crippen LogP contribution in [0.4, 0.5) is 0 Å². The van der Waals surface area contributed by atoms with Crippen LogP contribution in [0, 0.1) is 13.8 Å². The number of hydrogen-bond acceptors (Lipinski definition) is 4. The quantitative estimate of drug-likeness (QED) is 0.301. The van der Waals surface area contributed by atoms with Gasteiger partial charge >= 0.3 is 0 Å². The number of hydrazine groups is 1. The van der Waals surface area contributed by atoms with Crippen molar-refractivity contribution in [2.45, 2.75) is 25.3 Å². The third-order valence-corrected chi connectivity index (χ3v) is 4.69. The van der Waals surface area contributed by atoms with Gasteiger partial charge in [0, 0.05) is 27.9 Å². The molecule has 25 heavy (non-hydrogen) atoms. The maximum absolute atomic E-state index is 11.9. The smallest absolute Gasteiger partial charge is 0.260 e. The molecule has 0 unspecified atom stereocenters. The number of aromatic nitrogens is 2. The van der Waals surface area contributed by atoms with E-state index in [2.05, 4.69) is 21.3 Å². The zero-order valence-corrected chi connectivity index (χ0v) is 16.4. The average Bonchev–Trinajstić information content (AvgIpc) is 2.88. The molecule has 2 rings (SSSR count). The molecule has 0 atom stereocenters. The van der Waals surface area contributed by atoms with E-state index in [1.807, 2.05) is 44.2 Å². The average molecular weight is 398 g/mol. The summed E-state index contributed by atoms with van der Waals surface area (Å²) in [7, 11) is 0. The summed E-state index contributed by atoms with van der Waals surface area (Å²) in [4.78, 5) is 13.0. The Morgan fingerprint density at radius 3 is 2.64 bits per heavy atom. The van der Waals surface area contributed by atoms with E-state index in [1.165, 1.54) is 0 Å². The Balaban J connectivity index is 1.61. The molecule has 1 aromatic heterocycles. The zero-order valence-electron chi connectivity index (χ0n) is 14.0. The molecular weight excluding hydrogens is 378 g/mol. The second-order valence-corrected chi connectivity index (χ2v) is 7.33. The summed E-state index contributed by atoms with van der Waals surface area (Å²) in [6, 6.07) is 9.60. The maximum Gasteiger partial charge on any atom is 0.260 e. The first-order valence-electron chi connectivity index (χ1n) is 7.66. The number of thioether (sulfide) groups is 1. The third-order valence-electron chi connectivity index (χ3n) is 3.18. The van der Waals surface area contributed by atoms with Crippen LogP contribution in [0.2, 0.25) is 5.02 Å². The number of nitrogens with one attached hydrogen (secondary N) is 3. The maximum atomic E-state index is 11.9. The number of hydrogen-bond donors (Lipinski definition) is 3. The van der Waals surface area contributed by atoms with Gasteiger partial charge in [-0.05, 0) is 56.4 Å². The predicted molar refractivity (Wildman–Crippen MR) is 106 cm³/mol. The molecule has 2 aromatic rings. The molecule has 1 heterocycles. The van der Waals surface area contributed by atoms with Crippen LogP contribution < -0.4 is 16.2 Å². The van der Waals surface area contributed by atoms with Crippen molar-refractivity contribution in [3.8, 4) is 0 Å². The molecule has 3 N–H and O–H groups in total. The lowest BCUT2D eigenvalue weighted by Gasteiger charge is -2.12. The molecule has 0 aliphatic rings. The Hall–Kier alpha value is -1.77. The second kappa shape index (κ2) is 9.65. The highest BCUT2D eigenvalue weighted by molar-refractivity contribution is 7.99. The Bertz CT molecular complexity index is 733. The normalized spacial score (nSPS) is 10.4. The van der Waals surface area contributed by atoms with Gasteiger partial charge in [-0.2, -0.15) is 5.10 Å². The van der Waals surface area contributed by atoms with Crippen molar-refractivity contribution in [1.82, 2.24) is 25.9 Å². The summed E-state index contributed by atoms with van der Waals surface area (Å²) in [5.74, 6) is 0.620. The van der Waals surface area contributed by atoms with Crippen molar-refractivity contribution in [2.75, 3.05) is 12.3 Å². The van der Waals surface area contributed by atoms with Gasteiger partial charge in [-0.3, -0.25) is 20.3 Å². The number of thiocarbonyl (C=S) groups is 1. The standard InChI is InChI=1S/C16H20ClN5OS2/c1-11-9-12(2)22(21-11)10-15(23)19-20-16(24)18-7-8-25-14-5-3-13(17)4-6-14/h3-6,9H,7-8,10H2,1-2H3,(H,19,23)(H2,18,20,24). The molecule has 0 saturated heterocycles. The van der Waals surface area contributed by atoms with Crippen molar-refractivity contribution >= 4 is 46.6 Å². The molecule has 9 heteroatoms. The summed E-state index contributed by atoms with van der Waals surface area (Å²) in [6.45, 7) is 4.61. The topological polar surface area (TPSA) is 71.0 Å². The number of rotatable bonds is 6. The molecule has 0 radical (unpaired) electrons. The molecule has 0 saturated carbocycles. The van der Waals surface area contributed by atoms with Crippen molar-refractivity contribution in [1.29, 1.82) is 0 Å². The van der Waals surface area contributed by atoms with Crippen LogP contribution in [-0.4, -0.2) is 33.1 Å². The molecule has 0 spiro atoms. The second-order valence-electron chi connectivity index (χ2n) is 5.32. The Morgan fingerprint density at radius 2 is 2.00 bits per heavy atom. The highest BCUT2D eigenvalue weighted by Crippen LogP contribution is 2.19. The summed E-state index contributed by atoms with van der Waals surface area (Å²) in [5, 5.41) is 8.38. The van der Waals surface area contributed by atoms with E-state index >= 15 is 0 Å². The van der Waals surface area contributed by atoms with Crippen LogP contribution in [0.15, 0.2) is 35.2 Å². The first kappa shape index (κ1) is 19.6. The van der Waals surface area contributed by atoms with E-state index in [1.54, 1.807) is 16.4 Å². The van der Waals surface area contributed by atoms with Crippen LogP contribution in [0.3, 0.4) is 0 Å². The Kier molecular flexibility index (Phi) is 7.54. The first-order chi connectivity index (χ1) is 11.9. The number of halogens is 1. The van der Waals surface area contributed by atoms with E-state index < -0.39 is 0 Å². The fourth-order valence-electron chi connectivity index (χ4n) is 2.05. The molecule has 1 aromatic carbocycles. The van der Waals surface area contributed by atoms with Crippen LogP contribution in [0.5, 0.6) is 0 Å². The van der Waals surface area contributed by atoms with E-state index in [4.69, 9.17) is 23.8 Å². The van der Waals surface area contributed by atoms with Crippen LogP contribution in [0.25, 0.3) is 0 Å². The largest absolute Gasteiger partial charge is 0.361 e. The van der Waals surface area contributed by atoms with Crippen molar-refractivity contribution in [2.24, 2.45) is 0 Å². The molecule has 0 fully saturated rings. The Morgan fingerprint density at radius 1 is 1.28 bits per heavy atom. The van der Waals surface area contributed by atoms with E-state index in [9.17, 15) is 4.79 Å². The summed E-state index contributed by atoms with van der Waals surface area (Å²) in [6.07, 6.45) is 0. The number of nitrogens with zero attached hydrogens (tertiary/aromatic N) is 2. The highest BCUT2D eigenvalue weighted by Gasteiger charge is 2.07. The molecular formula is C16H20ClN5OS2. The fourth-order valence-corrected chi connectivity index (χ4v) is 3.09. The van der Waals surface area contributed by atoms with Crippen molar-refractivity contribution in [3.05, 3.63) is 46.7 Å². The van der Waals surface area contributed by atoms with Gasteiger partial charge < -0.3 is 5.32 Å². The summed E-state index contributed by atoms with van der Waals surface area (Å²) >= 11 is 12.7. The number of aryl methyl sites for hydroxylation is 2. The minimum Gasteiger partial charge on any atom is -0.361 e. The minimum atomic E-state index is -0.217. The lowest BCUT2D eigenvalue weighted by Crippen LogP contribution is -2.48. The molecule has 0 aliphatic carbocycles. The van der Waals surface area contributed by atoms with Crippen molar-refractivity contribution in [3.63, 3.8) is 0 Å². The summed E-state index contributed by atoms with van der Waals surface area (Å²) < 4.78 is 1.64. The number of carbonyl (C=O) groups is 1. The fraction of sp³-hybridized carbons (Fsp3) is 0.312. The lowest BCUT2D eigenvalue weighted by atomic mass is 10.4. The molecule has 0 bridgehead atoms. The van der Waals surface area contributed by atoms with Crippen molar-refractivity contribution < 1.29 is 4.79 Å². The molecule has 134 valence electrons. The predicted octanol–water partition coefficient (Wildman–Crippen LogP) is 2.44. The van der Waals surface area contributed by atoms with Crippen LogP contribution in [-0.2, 0) is 11.3 Å². The van der Waals surface area contributed by atoms with Gasteiger partial charge in [-0.15, -0.1) is 11.8 Å². The molecule has 6 nitrogen and oxygen atoms in total. The third kappa shape index (κ3) is 6.93. The van der Waals surface area contributed by atoms with E-state index in [-0.39, 0.29) is 12.5 Å². The van der Waals surface area contributed by atoms with Gasteiger partial charge in [0.15, 0.2) is 5.11 Å². The van der Waals surface area contributed by atoms with Crippen LogP contribution >= 0.6 is 35.6 Å². The number of amides is 1. The first-order valence-corrected chi connectivity index (χ1v) is 9.43. The van der Waals surface area contributed by atoms with Gasteiger partial charge in [0.05, 0.1) is 5.69 Å². The van der Waals surface area contributed by atoms with Gasteiger partial charge in [0.2, 0.25) is 0 Å². The highest BCUT2D eigenvalue weighted by atomic mass is 35.5. The number of carbonyl (C=O) groups excluding carboxylic acids is 1. The Labute approximate surface area is 161 Å².